The second-order valence-corrected chi connectivity index (χ2v) is 10.5. The van der Waals surface area contributed by atoms with Crippen molar-refractivity contribution in [2.24, 2.45) is 0 Å². The molecular formula is C35H25NS. The van der Waals surface area contributed by atoms with Crippen LogP contribution in [0.5, 0.6) is 0 Å². The molecule has 2 aromatic heterocycles. The fraction of sp³-hybridized carbons (Fsp3) is 0.0571. The number of pyridine rings is 1. The Labute approximate surface area is 219 Å². The molecule has 0 aliphatic rings. The fourth-order valence-electron chi connectivity index (χ4n) is 5.66. The number of aromatic nitrogens is 1. The van der Waals surface area contributed by atoms with Gasteiger partial charge in [0, 0.05) is 21.7 Å². The van der Waals surface area contributed by atoms with Crippen LogP contribution in [0.1, 0.15) is 13.8 Å². The molecule has 176 valence electrons. The van der Waals surface area contributed by atoms with Crippen LogP contribution >= 0.6 is 11.3 Å². The average Bonchev–Trinajstić information content (AvgIpc) is 3.34. The van der Waals surface area contributed by atoms with Gasteiger partial charge in [0.05, 0.1) is 10.4 Å². The third-order valence-corrected chi connectivity index (χ3v) is 8.65. The number of nitrogens with zero attached hydrogens (tertiary/aromatic N) is 1. The van der Waals surface area contributed by atoms with E-state index in [0.29, 0.717) is 0 Å². The summed E-state index contributed by atoms with van der Waals surface area (Å²) in [7, 11) is 0. The number of benzene rings is 5. The Kier molecular flexibility index (Phi) is 5.16. The van der Waals surface area contributed by atoms with E-state index in [1.54, 1.807) is 11.3 Å². The van der Waals surface area contributed by atoms with Gasteiger partial charge in [0.15, 0.2) is 0 Å². The van der Waals surface area contributed by atoms with Crippen LogP contribution in [0, 0.1) is 0 Å². The predicted molar refractivity (Wildman–Crippen MR) is 163 cm³/mol. The molecule has 0 saturated heterocycles. The third-order valence-electron chi connectivity index (χ3n) is 7.43. The first-order valence-corrected chi connectivity index (χ1v) is 13.5. The van der Waals surface area contributed by atoms with Crippen molar-refractivity contribution in [2.45, 2.75) is 13.8 Å². The molecule has 1 nitrogen and oxygen atoms in total. The van der Waals surface area contributed by atoms with Gasteiger partial charge in [0.2, 0.25) is 0 Å². The number of rotatable bonds is 2. The summed E-state index contributed by atoms with van der Waals surface area (Å²) >= 11 is 1.81. The van der Waals surface area contributed by atoms with Gasteiger partial charge in [-0.3, -0.25) is 4.98 Å². The van der Waals surface area contributed by atoms with Crippen LogP contribution in [0.15, 0.2) is 103 Å². The van der Waals surface area contributed by atoms with Crippen LogP contribution in [0.25, 0.3) is 76.9 Å². The molecule has 0 saturated carbocycles. The summed E-state index contributed by atoms with van der Waals surface area (Å²) in [6.45, 7) is 4.22. The van der Waals surface area contributed by atoms with E-state index in [2.05, 4.69) is 123 Å². The maximum atomic E-state index is 4.84. The van der Waals surface area contributed by atoms with Crippen molar-refractivity contribution in [3.8, 4) is 22.4 Å². The van der Waals surface area contributed by atoms with Crippen LogP contribution < -0.4 is 9.75 Å². The van der Waals surface area contributed by atoms with Crippen LogP contribution in [0.2, 0.25) is 0 Å². The molecule has 7 rings (SSSR count). The van der Waals surface area contributed by atoms with Gasteiger partial charge in [-0.1, -0.05) is 91.0 Å². The highest BCUT2D eigenvalue weighted by Gasteiger charge is 2.11. The van der Waals surface area contributed by atoms with E-state index >= 15 is 0 Å². The van der Waals surface area contributed by atoms with Crippen LogP contribution in [-0.4, -0.2) is 4.98 Å². The number of thiophene rings is 1. The lowest BCUT2D eigenvalue weighted by Crippen LogP contribution is -2.17. The van der Waals surface area contributed by atoms with Crippen molar-refractivity contribution < 1.29 is 0 Å². The van der Waals surface area contributed by atoms with Gasteiger partial charge in [-0.2, -0.15) is 0 Å². The first-order valence-electron chi connectivity index (χ1n) is 12.7. The van der Waals surface area contributed by atoms with Crippen molar-refractivity contribution in [2.75, 3.05) is 0 Å². The lowest BCUT2D eigenvalue weighted by Gasteiger charge is -2.12. The van der Waals surface area contributed by atoms with Gasteiger partial charge < -0.3 is 0 Å². The minimum Gasteiger partial charge on any atom is -0.255 e. The minimum absolute atomic E-state index is 1.01. The van der Waals surface area contributed by atoms with Gasteiger partial charge in [-0.05, 0) is 80.7 Å². The summed E-state index contributed by atoms with van der Waals surface area (Å²) in [6, 6.07) is 35.4. The maximum Gasteiger partial charge on any atom is 0.0709 e. The fourth-order valence-corrected chi connectivity index (χ4v) is 6.73. The zero-order chi connectivity index (χ0) is 24.9. The van der Waals surface area contributed by atoms with E-state index in [-0.39, 0.29) is 0 Å². The highest BCUT2D eigenvalue weighted by atomic mass is 32.1. The normalized spacial score (nSPS) is 12.9. The van der Waals surface area contributed by atoms with Crippen LogP contribution in [0.4, 0.5) is 0 Å². The van der Waals surface area contributed by atoms with Gasteiger partial charge in [-0.15, -0.1) is 11.3 Å². The molecule has 0 amide bonds. The maximum absolute atomic E-state index is 4.84. The van der Waals surface area contributed by atoms with Crippen LogP contribution in [0.3, 0.4) is 0 Å². The Bertz CT molecular complexity index is 2080. The average molecular weight is 492 g/mol. The van der Waals surface area contributed by atoms with Crippen molar-refractivity contribution in [1.29, 1.82) is 0 Å². The minimum atomic E-state index is 1.01. The Morgan fingerprint density at radius 1 is 0.541 bits per heavy atom. The first-order chi connectivity index (χ1) is 18.2. The van der Waals surface area contributed by atoms with Crippen LogP contribution in [-0.2, 0) is 0 Å². The van der Waals surface area contributed by atoms with Gasteiger partial charge in [-0.25, -0.2) is 0 Å². The van der Waals surface area contributed by atoms with E-state index < -0.39 is 0 Å². The Morgan fingerprint density at radius 3 is 1.84 bits per heavy atom. The largest absolute Gasteiger partial charge is 0.255 e. The van der Waals surface area contributed by atoms with E-state index in [4.69, 9.17) is 4.98 Å². The molecule has 7 aromatic rings. The molecule has 0 atom stereocenters. The molecule has 0 aliphatic heterocycles. The molecule has 0 spiro atoms. The van der Waals surface area contributed by atoms with Crippen molar-refractivity contribution >= 4 is 65.9 Å². The van der Waals surface area contributed by atoms with Gasteiger partial charge >= 0.3 is 0 Å². The molecule has 5 aromatic carbocycles. The monoisotopic (exact) mass is 491 g/mol. The lowest BCUT2D eigenvalue weighted by atomic mass is 9.91. The molecule has 2 heteroatoms. The Morgan fingerprint density at radius 2 is 1.16 bits per heavy atom. The smallest absolute Gasteiger partial charge is 0.0709 e. The molecular weight excluding hydrogens is 466 g/mol. The van der Waals surface area contributed by atoms with Gasteiger partial charge in [0.1, 0.15) is 0 Å². The molecule has 0 radical (unpaired) electrons. The lowest BCUT2D eigenvalue weighted by molar-refractivity contribution is 1.36. The molecule has 0 aliphatic carbocycles. The Hall–Kier alpha value is -4.27. The Balaban J connectivity index is 1.41. The van der Waals surface area contributed by atoms with Crippen molar-refractivity contribution in [1.82, 2.24) is 4.98 Å². The number of hydrogen-bond acceptors (Lipinski definition) is 2. The van der Waals surface area contributed by atoms with E-state index in [1.165, 1.54) is 63.3 Å². The zero-order valence-corrected chi connectivity index (χ0v) is 21.6. The molecule has 0 unspecified atom stereocenters. The molecule has 0 bridgehead atoms. The van der Waals surface area contributed by atoms with E-state index in [0.717, 1.165) is 11.3 Å². The van der Waals surface area contributed by atoms with E-state index in [9.17, 15) is 0 Å². The zero-order valence-electron chi connectivity index (χ0n) is 20.8. The van der Waals surface area contributed by atoms with Gasteiger partial charge in [0.25, 0.3) is 0 Å². The van der Waals surface area contributed by atoms with Crippen molar-refractivity contribution in [3.63, 3.8) is 0 Å². The predicted octanol–water partition coefficient (Wildman–Crippen LogP) is 8.69. The second-order valence-electron chi connectivity index (χ2n) is 9.46. The summed E-state index contributed by atoms with van der Waals surface area (Å²) in [4.78, 5) is 4.84. The molecule has 2 heterocycles. The second kappa shape index (κ2) is 8.69. The number of hydrogen-bond donors (Lipinski definition) is 0. The quantitative estimate of drug-likeness (QED) is 0.220. The number of fused-ring (bicyclic) bond motifs is 7. The summed E-state index contributed by atoms with van der Waals surface area (Å²) in [5.74, 6) is 0. The first kappa shape index (κ1) is 22.0. The highest BCUT2D eigenvalue weighted by molar-refractivity contribution is 7.17. The summed E-state index contributed by atoms with van der Waals surface area (Å²) in [5.41, 5.74) is 4.57. The molecule has 37 heavy (non-hydrogen) atoms. The van der Waals surface area contributed by atoms with E-state index in [1.807, 2.05) is 6.20 Å². The topological polar surface area (TPSA) is 12.9 Å². The molecule has 0 N–H and O–H groups in total. The van der Waals surface area contributed by atoms with Crippen molar-refractivity contribution in [3.05, 3.63) is 113 Å². The SMILES string of the molecule is CC=c1sc2cnc(-c3cccc(-c4ccc5c6ccccc6c6ccccc6c5c4)c3)cc2c1=CC. The summed E-state index contributed by atoms with van der Waals surface area (Å²) in [6.07, 6.45) is 6.42. The summed E-state index contributed by atoms with van der Waals surface area (Å²) in [5, 5.41) is 10.4. The summed E-state index contributed by atoms with van der Waals surface area (Å²) < 4.78 is 2.54. The standard InChI is InChI=1S/C35H25NS/c1-3-25-32-20-33(36-21-35(32)37-34(25)4-2)24-11-9-10-22(18-24)23-16-17-30-28-14-6-5-12-26(28)27-13-7-8-15-29(27)31(30)19-23/h3-21H,1-2H3. The third kappa shape index (κ3) is 3.48. The highest BCUT2D eigenvalue weighted by Crippen LogP contribution is 2.37. The molecule has 0 fully saturated rings.